The van der Waals surface area contributed by atoms with Gasteiger partial charge in [-0.05, 0) is 42.3 Å². The molecule has 0 bridgehead atoms. The molecule has 1 atom stereocenters. The van der Waals surface area contributed by atoms with Crippen LogP contribution in [0, 0.1) is 11.3 Å². The molecule has 0 amide bonds. The topological polar surface area (TPSA) is 113 Å². The van der Waals surface area contributed by atoms with E-state index in [1.807, 2.05) is 24.3 Å². The van der Waals surface area contributed by atoms with Gasteiger partial charge >= 0.3 is 5.97 Å². The fourth-order valence-corrected chi connectivity index (χ4v) is 4.20. The maximum atomic E-state index is 12.4. The number of methoxy groups -OCH3 is 1. The molecule has 3 aromatic rings. The first-order chi connectivity index (χ1) is 18.5. The number of hydrogen-bond acceptors (Lipinski definition) is 8. The van der Waals surface area contributed by atoms with Crippen molar-refractivity contribution in [3.8, 4) is 34.8 Å². The van der Waals surface area contributed by atoms with Crippen molar-refractivity contribution < 1.29 is 28.5 Å². The molecular weight excluding hydrogens is 484 g/mol. The molecule has 2 N–H and O–H groups in total. The molecule has 1 heterocycles. The summed E-state index contributed by atoms with van der Waals surface area (Å²) in [6, 6.07) is 21.8. The predicted molar refractivity (Wildman–Crippen MR) is 141 cm³/mol. The Bertz CT molecular complexity index is 1360. The second kappa shape index (κ2) is 12.5. The largest absolute Gasteiger partial charge is 0.494 e. The zero-order valence-electron chi connectivity index (χ0n) is 21.4. The summed E-state index contributed by atoms with van der Waals surface area (Å²) in [5, 5.41) is 9.86. The van der Waals surface area contributed by atoms with Crippen molar-refractivity contribution in [2.24, 2.45) is 5.73 Å². The Morgan fingerprint density at radius 1 is 1.00 bits per heavy atom. The average Bonchev–Trinajstić information content (AvgIpc) is 2.93. The van der Waals surface area contributed by atoms with Crippen molar-refractivity contribution in [1.29, 1.82) is 5.26 Å². The highest BCUT2D eigenvalue weighted by molar-refractivity contribution is 5.74. The van der Waals surface area contributed by atoms with Gasteiger partial charge in [-0.2, -0.15) is 5.26 Å². The van der Waals surface area contributed by atoms with Crippen LogP contribution in [0.2, 0.25) is 0 Å². The fraction of sp³-hybridized carbons (Fsp3) is 0.267. The SMILES string of the molecule is CCCCCOc1cccc(C2C(C#N)=C(N)Oc3cc(OC(=O)COc4ccccc4OC)ccc32)c1. The summed E-state index contributed by atoms with van der Waals surface area (Å²) < 4.78 is 27.9. The van der Waals surface area contributed by atoms with Crippen molar-refractivity contribution in [3.63, 3.8) is 0 Å². The Kier molecular flexibility index (Phi) is 8.73. The van der Waals surface area contributed by atoms with Crippen LogP contribution >= 0.6 is 0 Å². The van der Waals surface area contributed by atoms with Gasteiger partial charge in [-0.15, -0.1) is 0 Å². The Labute approximate surface area is 222 Å². The van der Waals surface area contributed by atoms with Gasteiger partial charge in [0.1, 0.15) is 28.9 Å². The lowest BCUT2D eigenvalue weighted by Gasteiger charge is -2.27. The van der Waals surface area contributed by atoms with Gasteiger partial charge in [0.2, 0.25) is 5.88 Å². The highest BCUT2D eigenvalue weighted by Gasteiger charge is 2.31. The number of rotatable bonds is 11. The average molecular weight is 515 g/mol. The minimum absolute atomic E-state index is 0.00208. The number of hydrogen-bond donors (Lipinski definition) is 1. The first kappa shape index (κ1) is 26.4. The minimum atomic E-state index is -0.600. The predicted octanol–water partition coefficient (Wildman–Crippen LogP) is 5.47. The van der Waals surface area contributed by atoms with E-state index in [0.717, 1.165) is 36.1 Å². The molecule has 0 saturated heterocycles. The van der Waals surface area contributed by atoms with Crippen LogP contribution in [0.15, 0.2) is 78.2 Å². The number of benzene rings is 3. The molecule has 8 heteroatoms. The van der Waals surface area contributed by atoms with E-state index in [2.05, 4.69) is 13.0 Å². The zero-order chi connectivity index (χ0) is 26.9. The number of carbonyl (C=O) groups is 1. The first-order valence-corrected chi connectivity index (χ1v) is 12.4. The zero-order valence-corrected chi connectivity index (χ0v) is 21.4. The van der Waals surface area contributed by atoms with Crippen LogP contribution in [-0.2, 0) is 4.79 Å². The number of nitrogens with zero attached hydrogens (tertiary/aromatic N) is 1. The van der Waals surface area contributed by atoms with Crippen molar-refractivity contribution in [3.05, 3.63) is 89.3 Å². The van der Waals surface area contributed by atoms with E-state index in [4.69, 9.17) is 29.4 Å². The number of nitriles is 1. The van der Waals surface area contributed by atoms with Crippen LogP contribution in [0.5, 0.6) is 28.7 Å². The van der Waals surface area contributed by atoms with E-state index in [0.29, 0.717) is 29.4 Å². The maximum absolute atomic E-state index is 12.4. The molecule has 3 aromatic carbocycles. The molecule has 1 aliphatic heterocycles. The van der Waals surface area contributed by atoms with Gasteiger partial charge in [-0.1, -0.05) is 50.1 Å². The van der Waals surface area contributed by atoms with Crippen LogP contribution in [0.3, 0.4) is 0 Å². The molecule has 0 radical (unpaired) electrons. The van der Waals surface area contributed by atoms with E-state index < -0.39 is 11.9 Å². The summed E-state index contributed by atoms with van der Waals surface area (Å²) in [5.74, 6) is 1.28. The Hall–Kier alpha value is -4.64. The molecule has 4 rings (SSSR count). The van der Waals surface area contributed by atoms with E-state index >= 15 is 0 Å². The Balaban J connectivity index is 1.51. The number of esters is 1. The van der Waals surface area contributed by atoms with Gasteiger partial charge in [-0.25, -0.2) is 4.79 Å². The third-order valence-corrected chi connectivity index (χ3v) is 6.04. The summed E-state index contributed by atoms with van der Waals surface area (Å²) in [4.78, 5) is 12.4. The molecule has 38 heavy (non-hydrogen) atoms. The third kappa shape index (κ3) is 6.19. The number of allylic oxidation sites excluding steroid dienone is 1. The van der Waals surface area contributed by atoms with E-state index in [-0.39, 0.29) is 18.2 Å². The standard InChI is InChI=1S/C30H30N2O6/c1-3-4-7-15-35-21-10-8-9-20(16-21)29-23-14-13-22(17-27(23)38-30(32)24(29)18-31)37-28(33)19-36-26-12-6-5-11-25(26)34-2/h5-6,8-14,16-17,29H,3-4,7,15,19,32H2,1-2H3. The lowest BCUT2D eigenvalue weighted by molar-refractivity contribution is -0.136. The smallest absolute Gasteiger partial charge is 0.349 e. The third-order valence-electron chi connectivity index (χ3n) is 6.04. The van der Waals surface area contributed by atoms with Gasteiger partial charge in [0.05, 0.1) is 19.6 Å². The number of unbranched alkanes of at least 4 members (excludes halogenated alkanes) is 2. The number of carbonyl (C=O) groups excluding carboxylic acids is 1. The highest BCUT2D eigenvalue weighted by atomic mass is 16.6. The van der Waals surface area contributed by atoms with E-state index in [9.17, 15) is 10.1 Å². The monoisotopic (exact) mass is 514 g/mol. The van der Waals surface area contributed by atoms with Crippen LogP contribution in [0.1, 0.15) is 43.2 Å². The van der Waals surface area contributed by atoms with E-state index in [1.54, 1.807) is 42.5 Å². The summed E-state index contributed by atoms with van der Waals surface area (Å²) in [5.41, 5.74) is 8.01. The molecule has 0 saturated carbocycles. The molecule has 8 nitrogen and oxygen atoms in total. The lowest BCUT2D eigenvalue weighted by atomic mass is 9.83. The number of fused-ring (bicyclic) bond motifs is 1. The summed E-state index contributed by atoms with van der Waals surface area (Å²) >= 11 is 0. The summed E-state index contributed by atoms with van der Waals surface area (Å²) in [6.45, 7) is 2.46. The minimum Gasteiger partial charge on any atom is -0.494 e. The van der Waals surface area contributed by atoms with Crippen molar-refractivity contribution in [2.75, 3.05) is 20.3 Å². The van der Waals surface area contributed by atoms with Crippen LogP contribution in [-0.4, -0.2) is 26.3 Å². The fourth-order valence-electron chi connectivity index (χ4n) is 4.20. The summed E-state index contributed by atoms with van der Waals surface area (Å²) in [6.07, 6.45) is 3.19. The molecule has 1 unspecified atom stereocenters. The molecule has 196 valence electrons. The first-order valence-electron chi connectivity index (χ1n) is 12.4. The van der Waals surface area contributed by atoms with Crippen LogP contribution in [0.4, 0.5) is 0 Å². The molecule has 0 fully saturated rings. The Morgan fingerprint density at radius 2 is 1.82 bits per heavy atom. The van der Waals surface area contributed by atoms with Gasteiger partial charge in [0.15, 0.2) is 18.1 Å². The van der Waals surface area contributed by atoms with Crippen molar-refractivity contribution >= 4 is 5.97 Å². The van der Waals surface area contributed by atoms with Crippen LogP contribution < -0.4 is 29.4 Å². The van der Waals surface area contributed by atoms with Crippen molar-refractivity contribution in [1.82, 2.24) is 0 Å². The molecule has 0 aliphatic carbocycles. The van der Waals surface area contributed by atoms with Gasteiger partial charge < -0.3 is 29.4 Å². The quantitative estimate of drug-likeness (QED) is 0.204. The maximum Gasteiger partial charge on any atom is 0.349 e. The normalized spacial score (nSPS) is 14.1. The second-order valence-corrected chi connectivity index (χ2v) is 8.67. The van der Waals surface area contributed by atoms with Crippen molar-refractivity contribution in [2.45, 2.75) is 32.1 Å². The number of para-hydroxylation sites is 2. The molecule has 1 aliphatic rings. The summed E-state index contributed by atoms with van der Waals surface area (Å²) in [7, 11) is 1.52. The van der Waals surface area contributed by atoms with E-state index in [1.165, 1.54) is 7.11 Å². The van der Waals surface area contributed by atoms with Crippen LogP contribution in [0.25, 0.3) is 0 Å². The highest BCUT2D eigenvalue weighted by Crippen LogP contribution is 2.44. The molecular formula is C30H30N2O6. The molecule has 0 spiro atoms. The van der Waals surface area contributed by atoms with Gasteiger partial charge in [0, 0.05) is 11.6 Å². The number of ether oxygens (including phenoxy) is 5. The Morgan fingerprint density at radius 3 is 2.58 bits per heavy atom. The second-order valence-electron chi connectivity index (χ2n) is 8.67. The number of nitrogens with two attached hydrogens (primary N) is 1. The molecule has 0 aromatic heterocycles. The van der Waals surface area contributed by atoms with Gasteiger partial charge in [0.25, 0.3) is 0 Å². The lowest BCUT2D eigenvalue weighted by Crippen LogP contribution is -2.22. The van der Waals surface area contributed by atoms with Gasteiger partial charge in [-0.3, -0.25) is 0 Å².